The molecule has 0 aliphatic heterocycles. The number of rotatable bonds is 6. The van der Waals surface area contributed by atoms with Gasteiger partial charge in [0.1, 0.15) is 5.75 Å². The molecular formula is C14H21NO. The quantitative estimate of drug-likeness (QED) is 0.589. The molecule has 0 unspecified atom stereocenters. The third kappa shape index (κ3) is 3.38. The Morgan fingerprint density at radius 2 is 1.94 bits per heavy atom. The minimum absolute atomic E-state index is 0.582. The molecule has 2 N–H and O–H groups in total. The van der Waals surface area contributed by atoms with Crippen molar-refractivity contribution < 1.29 is 4.74 Å². The minimum atomic E-state index is 0.582. The van der Waals surface area contributed by atoms with Gasteiger partial charge >= 0.3 is 0 Å². The summed E-state index contributed by atoms with van der Waals surface area (Å²) in [6.45, 7) is 9.15. The van der Waals surface area contributed by atoms with Crippen molar-refractivity contribution >= 4 is 0 Å². The highest BCUT2D eigenvalue weighted by molar-refractivity contribution is 5.43. The second kappa shape index (κ2) is 6.33. The van der Waals surface area contributed by atoms with Gasteiger partial charge in [0, 0.05) is 6.54 Å². The molecule has 0 amide bonds. The first-order valence-electron chi connectivity index (χ1n) is 5.73. The maximum atomic E-state index is 5.78. The Labute approximate surface area is 98.1 Å². The SMILES string of the molecule is C=CCCCOc1c(C)cc(CN)cc1C. The standard InChI is InChI=1S/C14H21NO/c1-4-5-6-7-16-14-11(2)8-13(10-15)9-12(14)3/h4,8-9H,1,5-7,10,15H2,2-3H3. The molecule has 2 nitrogen and oxygen atoms in total. The fraction of sp³-hybridized carbons (Fsp3) is 0.429. The molecule has 1 aromatic carbocycles. The summed E-state index contributed by atoms with van der Waals surface area (Å²) in [5.74, 6) is 1.00. The third-order valence-electron chi connectivity index (χ3n) is 2.55. The molecule has 1 rings (SSSR count). The Balaban J connectivity index is 2.68. The molecule has 16 heavy (non-hydrogen) atoms. The van der Waals surface area contributed by atoms with E-state index in [0.717, 1.165) is 30.8 Å². The number of hydrogen-bond donors (Lipinski definition) is 1. The van der Waals surface area contributed by atoms with Crippen molar-refractivity contribution in [3.8, 4) is 5.75 Å². The monoisotopic (exact) mass is 219 g/mol. The lowest BCUT2D eigenvalue weighted by Crippen LogP contribution is -2.03. The highest BCUT2D eigenvalue weighted by Crippen LogP contribution is 2.24. The molecule has 0 saturated heterocycles. The summed E-state index contributed by atoms with van der Waals surface area (Å²) < 4.78 is 5.78. The van der Waals surface area contributed by atoms with Crippen LogP contribution in [0.15, 0.2) is 24.8 Å². The van der Waals surface area contributed by atoms with Crippen LogP contribution in [0.1, 0.15) is 29.5 Å². The highest BCUT2D eigenvalue weighted by Gasteiger charge is 2.05. The van der Waals surface area contributed by atoms with Gasteiger partial charge in [0.25, 0.3) is 0 Å². The number of ether oxygens (including phenoxy) is 1. The Morgan fingerprint density at radius 1 is 1.31 bits per heavy atom. The molecule has 0 aliphatic rings. The molecule has 0 heterocycles. The van der Waals surface area contributed by atoms with E-state index in [-0.39, 0.29) is 0 Å². The summed E-state index contributed by atoms with van der Waals surface area (Å²) >= 11 is 0. The number of nitrogens with two attached hydrogens (primary N) is 1. The molecule has 0 aromatic heterocycles. The summed E-state index contributed by atoms with van der Waals surface area (Å²) in [5.41, 5.74) is 9.12. The Kier molecular flexibility index (Phi) is 5.06. The Hall–Kier alpha value is -1.28. The van der Waals surface area contributed by atoms with E-state index in [1.54, 1.807) is 0 Å². The average molecular weight is 219 g/mol. The average Bonchev–Trinajstić information content (AvgIpc) is 2.26. The first-order chi connectivity index (χ1) is 7.69. The summed E-state index contributed by atoms with van der Waals surface area (Å²) in [6, 6.07) is 4.19. The van der Waals surface area contributed by atoms with E-state index >= 15 is 0 Å². The maximum Gasteiger partial charge on any atom is 0.125 e. The van der Waals surface area contributed by atoms with Crippen LogP contribution in [0.25, 0.3) is 0 Å². The zero-order valence-corrected chi connectivity index (χ0v) is 10.3. The van der Waals surface area contributed by atoms with Crippen molar-refractivity contribution in [3.05, 3.63) is 41.5 Å². The van der Waals surface area contributed by atoms with E-state index in [1.165, 1.54) is 11.1 Å². The summed E-state index contributed by atoms with van der Waals surface area (Å²) in [6.07, 6.45) is 3.93. The van der Waals surface area contributed by atoms with Crippen LogP contribution in [-0.4, -0.2) is 6.61 Å². The molecular weight excluding hydrogens is 198 g/mol. The van der Waals surface area contributed by atoms with Gasteiger partial charge in [0.2, 0.25) is 0 Å². The van der Waals surface area contributed by atoms with Gasteiger partial charge in [-0.15, -0.1) is 6.58 Å². The predicted molar refractivity (Wildman–Crippen MR) is 68.7 cm³/mol. The predicted octanol–water partition coefficient (Wildman–Crippen LogP) is 3.11. The summed E-state index contributed by atoms with van der Waals surface area (Å²) in [4.78, 5) is 0. The Bertz CT molecular complexity index is 335. The molecule has 2 heteroatoms. The first kappa shape index (κ1) is 12.8. The second-order valence-corrected chi connectivity index (χ2v) is 4.04. The van der Waals surface area contributed by atoms with Crippen molar-refractivity contribution in [2.45, 2.75) is 33.2 Å². The number of hydrogen-bond acceptors (Lipinski definition) is 2. The molecule has 0 bridgehead atoms. The molecule has 0 saturated carbocycles. The largest absolute Gasteiger partial charge is 0.493 e. The van der Waals surface area contributed by atoms with E-state index in [0.29, 0.717) is 6.54 Å². The van der Waals surface area contributed by atoms with Crippen LogP contribution < -0.4 is 10.5 Å². The number of benzene rings is 1. The van der Waals surface area contributed by atoms with Gasteiger partial charge in [-0.3, -0.25) is 0 Å². The lowest BCUT2D eigenvalue weighted by atomic mass is 10.1. The van der Waals surface area contributed by atoms with Crippen molar-refractivity contribution in [2.24, 2.45) is 5.73 Å². The van der Waals surface area contributed by atoms with Gasteiger partial charge in [-0.25, -0.2) is 0 Å². The van der Waals surface area contributed by atoms with Crippen molar-refractivity contribution in [1.82, 2.24) is 0 Å². The second-order valence-electron chi connectivity index (χ2n) is 4.04. The van der Waals surface area contributed by atoms with Gasteiger partial charge in [-0.1, -0.05) is 18.2 Å². The van der Waals surface area contributed by atoms with E-state index in [9.17, 15) is 0 Å². The summed E-state index contributed by atoms with van der Waals surface area (Å²) in [7, 11) is 0. The van der Waals surface area contributed by atoms with E-state index < -0.39 is 0 Å². The van der Waals surface area contributed by atoms with Crippen LogP contribution in [0, 0.1) is 13.8 Å². The van der Waals surface area contributed by atoms with Crippen LogP contribution in [0.3, 0.4) is 0 Å². The van der Waals surface area contributed by atoms with E-state index in [1.807, 2.05) is 6.08 Å². The summed E-state index contributed by atoms with van der Waals surface area (Å²) in [5, 5.41) is 0. The van der Waals surface area contributed by atoms with Crippen LogP contribution in [0.2, 0.25) is 0 Å². The topological polar surface area (TPSA) is 35.2 Å². The number of unbranched alkanes of at least 4 members (excludes halogenated alkanes) is 1. The van der Waals surface area contributed by atoms with Gasteiger partial charge < -0.3 is 10.5 Å². The van der Waals surface area contributed by atoms with Crippen LogP contribution in [-0.2, 0) is 6.54 Å². The smallest absolute Gasteiger partial charge is 0.125 e. The lowest BCUT2D eigenvalue weighted by molar-refractivity contribution is 0.308. The minimum Gasteiger partial charge on any atom is -0.493 e. The highest BCUT2D eigenvalue weighted by atomic mass is 16.5. The maximum absolute atomic E-state index is 5.78. The van der Waals surface area contributed by atoms with E-state index in [2.05, 4.69) is 32.6 Å². The molecule has 0 spiro atoms. The van der Waals surface area contributed by atoms with E-state index in [4.69, 9.17) is 10.5 Å². The fourth-order valence-corrected chi connectivity index (χ4v) is 1.79. The molecule has 0 atom stereocenters. The van der Waals surface area contributed by atoms with Gasteiger partial charge in [0.05, 0.1) is 6.61 Å². The molecule has 88 valence electrons. The van der Waals surface area contributed by atoms with Crippen LogP contribution in [0.4, 0.5) is 0 Å². The van der Waals surface area contributed by atoms with Crippen molar-refractivity contribution in [2.75, 3.05) is 6.61 Å². The number of allylic oxidation sites excluding steroid dienone is 1. The number of aryl methyl sites for hydroxylation is 2. The lowest BCUT2D eigenvalue weighted by Gasteiger charge is -2.13. The zero-order valence-electron chi connectivity index (χ0n) is 10.3. The van der Waals surface area contributed by atoms with Crippen molar-refractivity contribution in [1.29, 1.82) is 0 Å². The first-order valence-corrected chi connectivity index (χ1v) is 5.73. The molecule has 0 aliphatic carbocycles. The Morgan fingerprint density at radius 3 is 2.44 bits per heavy atom. The van der Waals surface area contributed by atoms with Gasteiger partial charge in [-0.05, 0) is 43.4 Å². The fourth-order valence-electron chi connectivity index (χ4n) is 1.79. The van der Waals surface area contributed by atoms with Crippen molar-refractivity contribution in [3.63, 3.8) is 0 Å². The third-order valence-corrected chi connectivity index (χ3v) is 2.55. The normalized spacial score (nSPS) is 10.2. The molecule has 0 fully saturated rings. The van der Waals surface area contributed by atoms with Crippen LogP contribution >= 0.6 is 0 Å². The zero-order chi connectivity index (χ0) is 12.0. The van der Waals surface area contributed by atoms with Gasteiger partial charge in [0.15, 0.2) is 0 Å². The molecule has 1 aromatic rings. The van der Waals surface area contributed by atoms with Crippen LogP contribution in [0.5, 0.6) is 5.75 Å². The van der Waals surface area contributed by atoms with Gasteiger partial charge in [-0.2, -0.15) is 0 Å². The molecule has 0 radical (unpaired) electrons.